The van der Waals surface area contributed by atoms with Gasteiger partial charge in [0.05, 0.1) is 49.3 Å². The number of hydrogen-bond donors (Lipinski definition) is 2. The number of hydrogen-bond acceptors (Lipinski definition) is 11. The van der Waals surface area contributed by atoms with Crippen LogP contribution in [0.3, 0.4) is 0 Å². The number of nitrogens with one attached hydrogen (secondary N) is 1. The van der Waals surface area contributed by atoms with E-state index in [0.29, 0.717) is 18.6 Å². The maximum absolute atomic E-state index is 14.6. The van der Waals surface area contributed by atoms with Crippen LogP contribution in [0, 0.1) is 5.82 Å². The van der Waals surface area contributed by atoms with Gasteiger partial charge in [-0.05, 0) is 6.92 Å². The summed E-state index contributed by atoms with van der Waals surface area (Å²) in [5.74, 6) is -1.37. The maximum Gasteiger partial charge on any atom is 0.423 e. The molecule has 2 N–H and O–H groups in total. The lowest BCUT2D eigenvalue weighted by Gasteiger charge is -2.39. The summed E-state index contributed by atoms with van der Waals surface area (Å²) in [5, 5.41) is 16.6. The Morgan fingerprint density at radius 2 is 1.69 bits per heavy atom. The summed E-state index contributed by atoms with van der Waals surface area (Å²) in [7, 11) is 0. The number of aromatic nitrogens is 5. The second-order valence-corrected chi connectivity index (χ2v) is 10.4. The zero-order valence-corrected chi connectivity index (χ0v) is 24.6. The first-order chi connectivity index (χ1) is 22.3. The number of alkyl halides is 9. The lowest BCUT2D eigenvalue weighted by molar-refractivity contribution is -0.148. The molecule has 4 rings (SSSR count). The van der Waals surface area contributed by atoms with Gasteiger partial charge in [-0.15, -0.1) is 0 Å². The summed E-state index contributed by atoms with van der Waals surface area (Å²) >= 11 is 0. The molecule has 4 heterocycles. The molecule has 0 bridgehead atoms. The average molecular weight is 705 g/mol. The van der Waals surface area contributed by atoms with Crippen molar-refractivity contribution in [3.05, 3.63) is 58.2 Å². The molecule has 0 unspecified atom stereocenters. The first-order valence-electron chi connectivity index (χ1n) is 13.8. The second-order valence-electron chi connectivity index (χ2n) is 10.4. The fourth-order valence-electron chi connectivity index (χ4n) is 4.35. The van der Waals surface area contributed by atoms with E-state index in [9.17, 15) is 53.8 Å². The Morgan fingerprint density at radius 1 is 1.00 bits per heavy atom. The SMILES string of the molecule is C[C@@H](COc1cc(N2CCN(c3ncc(C(F)(F)F)cn3)C[C@@H]2O)ncc1F)Nc1cnn(COCCC(F)(F)F)c(=O)c1C(F)(F)F. The Bertz CT molecular complexity index is 1600. The quantitative estimate of drug-likeness (QED) is 0.222. The molecule has 3 aromatic rings. The first-order valence-corrected chi connectivity index (χ1v) is 13.8. The Morgan fingerprint density at radius 3 is 2.29 bits per heavy atom. The number of ether oxygens (including phenoxy) is 2. The first kappa shape index (κ1) is 36.4. The minimum absolute atomic E-state index is 0.0390. The molecule has 0 radical (unpaired) electrons. The molecule has 0 amide bonds. The van der Waals surface area contributed by atoms with Crippen LogP contribution in [0.5, 0.6) is 5.75 Å². The van der Waals surface area contributed by atoms with E-state index in [-0.39, 0.29) is 36.1 Å². The Balaban J connectivity index is 1.39. The predicted octanol–water partition coefficient (Wildman–Crippen LogP) is 4.06. The number of β-amino-alcohol motifs (C(OH)–C–C–N with tert-alkyl or cyclic N) is 1. The molecular weight excluding hydrogens is 678 g/mol. The van der Waals surface area contributed by atoms with Gasteiger partial charge in [0.1, 0.15) is 30.9 Å². The van der Waals surface area contributed by atoms with Crippen molar-refractivity contribution in [1.82, 2.24) is 24.7 Å². The predicted molar refractivity (Wildman–Crippen MR) is 145 cm³/mol. The van der Waals surface area contributed by atoms with Gasteiger partial charge in [-0.1, -0.05) is 0 Å². The number of pyridine rings is 1. The average Bonchev–Trinajstić information content (AvgIpc) is 2.98. The van der Waals surface area contributed by atoms with Gasteiger partial charge in [-0.2, -0.15) is 44.6 Å². The van der Waals surface area contributed by atoms with E-state index in [0.717, 1.165) is 12.3 Å². The van der Waals surface area contributed by atoms with Crippen LogP contribution >= 0.6 is 0 Å². The second kappa shape index (κ2) is 14.3. The van der Waals surface area contributed by atoms with E-state index < -0.39 is 91.1 Å². The van der Waals surface area contributed by atoms with Crippen molar-refractivity contribution in [2.45, 2.75) is 50.9 Å². The molecule has 0 saturated carbocycles. The van der Waals surface area contributed by atoms with Crippen LogP contribution in [0.15, 0.2) is 35.6 Å². The lowest BCUT2D eigenvalue weighted by atomic mass is 10.2. The van der Waals surface area contributed by atoms with E-state index >= 15 is 0 Å². The van der Waals surface area contributed by atoms with E-state index in [2.05, 4.69) is 30.1 Å². The highest BCUT2D eigenvalue weighted by molar-refractivity contribution is 5.51. The zero-order chi connectivity index (χ0) is 35.4. The normalized spacial score (nSPS) is 16.6. The number of rotatable bonds is 11. The molecule has 0 aromatic carbocycles. The number of nitrogens with zero attached hydrogens (tertiary/aromatic N) is 7. The highest BCUT2D eigenvalue weighted by Crippen LogP contribution is 2.33. The van der Waals surface area contributed by atoms with Gasteiger partial charge in [0.15, 0.2) is 11.6 Å². The molecule has 48 heavy (non-hydrogen) atoms. The van der Waals surface area contributed by atoms with Crippen molar-refractivity contribution in [2.24, 2.45) is 0 Å². The standard InChI is InChI=1S/C26H26F10N8O4/c1-14(41-17-10-40-44(13-47-5-2-24(28,29)30)22(46)21(17)26(34,35)36)12-48-18-6-19(37-9-16(18)27)43-4-3-42(11-20(43)45)23-38-7-15(8-39-23)25(31,32)33/h6-10,14,20,41,45H,2-5,11-13H2,1H3/t14-,20-/m0/s1. The molecule has 0 spiro atoms. The van der Waals surface area contributed by atoms with Crippen LogP contribution in [-0.4, -0.2) is 81.1 Å². The summed E-state index contributed by atoms with van der Waals surface area (Å²) < 4.78 is 141. The van der Waals surface area contributed by atoms with Gasteiger partial charge in [0.2, 0.25) is 5.95 Å². The number of anilines is 3. The Kier molecular flexibility index (Phi) is 10.9. The molecule has 22 heteroatoms. The zero-order valence-electron chi connectivity index (χ0n) is 24.6. The third-order valence-electron chi connectivity index (χ3n) is 6.66. The summed E-state index contributed by atoms with van der Waals surface area (Å²) in [4.78, 5) is 26.6. The maximum atomic E-state index is 14.6. The molecule has 2 atom stereocenters. The molecule has 1 aliphatic rings. The topological polar surface area (TPSA) is 131 Å². The fraction of sp³-hybridized carbons (Fsp3) is 0.500. The fourth-order valence-corrected chi connectivity index (χ4v) is 4.35. The van der Waals surface area contributed by atoms with E-state index in [1.165, 1.54) is 16.7 Å². The molecule has 1 saturated heterocycles. The molecule has 12 nitrogen and oxygen atoms in total. The van der Waals surface area contributed by atoms with Crippen molar-refractivity contribution in [2.75, 3.05) is 48.0 Å². The van der Waals surface area contributed by atoms with E-state index in [4.69, 9.17) is 4.74 Å². The van der Waals surface area contributed by atoms with E-state index in [1.54, 1.807) is 0 Å². The van der Waals surface area contributed by atoms with Gasteiger partial charge in [0, 0.05) is 31.5 Å². The van der Waals surface area contributed by atoms with Crippen LogP contribution in [-0.2, 0) is 23.8 Å². The third-order valence-corrected chi connectivity index (χ3v) is 6.66. The van der Waals surface area contributed by atoms with Crippen molar-refractivity contribution < 1.29 is 58.5 Å². The molecule has 0 aliphatic carbocycles. The minimum atomic E-state index is -5.20. The van der Waals surface area contributed by atoms with Crippen molar-refractivity contribution in [3.63, 3.8) is 0 Å². The smallest absolute Gasteiger partial charge is 0.423 e. The van der Waals surface area contributed by atoms with Crippen LogP contribution in [0.2, 0.25) is 0 Å². The number of aliphatic hydroxyl groups is 1. The van der Waals surface area contributed by atoms with Crippen LogP contribution in [0.1, 0.15) is 24.5 Å². The molecule has 1 fully saturated rings. The summed E-state index contributed by atoms with van der Waals surface area (Å²) in [5.41, 5.74) is -5.20. The minimum Gasteiger partial charge on any atom is -0.488 e. The Hall–Kier alpha value is -4.47. The molecular formula is C26H26F10N8O4. The van der Waals surface area contributed by atoms with Crippen LogP contribution < -0.4 is 25.4 Å². The Labute approximate surface area is 263 Å². The van der Waals surface area contributed by atoms with Crippen LogP contribution in [0.25, 0.3) is 0 Å². The third kappa shape index (κ3) is 9.33. The van der Waals surface area contributed by atoms with E-state index in [1.807, 2.05) is 0 Å². The van der Waals surface area contributed by atoms with Crippen molar-refractivity contribution >= 4 is 17.5 Å². The van der Waals surface area contributed by atoms with Crippen LogP contribution in [0.4, 0.5) is 61.4 Å². The van der Waals surface area contributed by atoms with Gasteiger partial charge < -0.3 is 29.7 Å². The van der Waals surface area contributed by atoms with Crippen molar-refractivity contribution in [1.29, 1.82) is 0 Å². The summed E-state index contributed by atoms with van der Waals surface area (Å²) in [6.07, 6.45) is -14.4. The molecule has 3 aromatic heterocycles. The van der Waals surface area contributed by atoms with Gasteiger partial charge in [-0.3, -0.25) is 4.79 Å². The largest absolute Gasteiger partial charge is 0.488 e. The monoisotopic (exact) mass is 704 g/mol. The van der Waals surface area contributed by atoms with Gasteiger partial charge in [0.25, 0.3) is 5.56 Å². The highest BCUT2D eigenvalue weighted by atomic mass is 19.4. The number of aliphatic hydroxyl groups excluding tert-OH is 1. The molecule has 1 aliphatic heterocycles. The van der Waals surface area contributed by atoms with Gasteiger partial charge in [-0.25, -0.2) is 24.0 Å². The highest BCUT2D eigenvalue weighted by Gasteiger charge is 2.39. The lowest BCUT2D eigenvalue weighted by Crippen LogP contribution is -2.54. The van der Waals surface area contributed by atoms with Crippen molar-refractivity contribution in [3.8, 4) is 5.75 Å². The summed E-state index contributed by atoms with van der Waals surface area (Å²) in [6, 6.07) is 0.123. The number of piperazine rings is 1. The van der Waals surface area contributed by atoms with Gasteiger partial charge >= 0.3 is 18.5 Å². The number of halogens is 10. The summed E-state index contributed by atoms with van der Waals surface area (Å²) in [6.45, 7) is -0.961. The molecule has 264 valence electrons.